The van der Waals surface area contributed by atoms with Gasteiger partial charge in [-0.05, 0) is 55.7 Å². The Morgan fingerprint density at radius 1 is 1.13 bits per heavy atom. The SMILES string of the molecule is CCOc1cc2c(cc1OCC)C(CC(=O)OC)N(S(=O)(=O)c1ccccc1Cl)CC2. The molecule has 1 unspecified atom stereocenters. The van der Waals surface area contributed by atoms with Crippen molar-refractivity contribution >= 4 is 27.6 Å². The van der Waals surface area contributed by atoms with Gasteiger partial charge in [-0.2, -0.15) is 4.31 Å². The Kier molecular flexibility index (Phi) is 7.46. The molecule has 0 saturated carbocycles. The molecule has 0 N–H and O–H groups in total. The molecule has 1 aliphatic heterocycles. The normalized spacial score (nSPS) is 16.5. The van der Waals surface area contributed by atoms with Crippen molar-refractivity contribution in [3.8, 4) is 11.5 Å². The minimum Gasteiger partial charge on any atom is -0.490 e. The van der Waals surface area contributed by atoms with Gasteiger partial charge in [-0.3, -0.25) is 4.79 Å². The average molecular weight is 468 g/mol. The van der Waals surface area contributed by atoms with Gasteiger partial charge in [0.05, 0.1) is 37.8 Å². The molecule has 9 heteroatoms. The van der Waals surface area contributed by atoms with Crippen molar-refractivity contribution in [3.05, 3.63) is 52.5 Å². The molecule has 7 nitrogen and oxygen atoms in total. The summed E-state index contributed by atoms with van der Waals surface area (Å²) in [5.41, 5.74) is 1.60. The van der Waals surface area contributed by atoms with Gasteiger partial charge in [0.2, 0.25) is 10.0 Å². The molecule has 3 rings (SSSR count). The maximum Gasteiger partial charge on any atom is 0.307 e. The Morgan fingerprint density at radius 2 is 1.77 bits per heavy atom. The minimum absolute atomic E-state index is 0.00551. The topological polar surface area (TPSA) is 82.1 Å². The number of nitrogens with zero attached hydrogens (tertiary/aromatic N) is 1. The summed E-state index contributed by atoms with van der Waals surface area (Å²) in [6, 6.07) is 9.16. The molecule has 168 valence electrons. The van der Waals surface area contributed by atoms with Crippen LogP contribution in [0.4, 0.5) is 0 Å². The molecule has 0 fully saturated rings. The zero-order valence-electron chi connectivity index (χ0n) is 17.8. The van der Waals surface area contributed by atoms with Gasteiger partial charge in [-0.25, -0.2) is 8.42 Å². The van der Waals surface area contributed by atoms with E-state index in [1.54, 1.807) is 18.2 Å². The number of esters is 1. The van der Waals surface area contributed by atoms with Crippen LogP contribution in [0, 0.1) is 0 Å². The zero-order chi connectivity index (χ0) is 22.6. The summed E-state index contributed by atoms with van der Waals surface area (Å²) in [5.74, 6) is 0.598. The van der Waals surface area contributed by atoms with Crippen molar-refractivity contribution in [2.45, 2.75) is 37.6 Å². The Hall–Kier alpha value is -2.29. The van der Waals surface area contributed by atoms with Gasteiger partial charge >= 0.3 is 5.97 Å². The van der Waals surface area contributed by atoms with Gasteiger partial charge in [0.25, 0.3) is 0 Å². The summed E-state index contributed by atoms with van der Waals surface area (Å²) in [4.78, 5) is 12.2. The Bertz CT molecular complexity index is 1060. The molecule has 1 atom stereocenters. The van der Waals surface area contributed by atoms with Crippen LogP contribution in [0.25, 0.3) is 0 Å². The molecule has 0 saturated heterocycles. The number of methoxy groups -OCH3 is 1. The third-order valence-corrected chi connectivity index (χ3v) is 7.53. The van der Waals surface area contributed by atoms with E-state index >= 15 is 0 Å². The molecule has 2 aromatic rings. The molecule has 0 radical (unpaired) electrons. The summed E-state index contributed by atoms with van der Waals surface area (Å²) < 4.78 is 44.6. The highest BCUT2D eigenvalue weighted by Crippen LogP contribution is 2.42. The summed E-state index contributed by atoms with van der Waals surface area (Å²) >= 11 is 6.20. The second-order valence-electron chi connectivity index (χ2n) is 6.96. The van der Waals surface area contributed by atoms with E-state index in [1.807, 2.05) is 19.9 Å². The van der Waals surface area contributed by atoms with Crippen LogP contribution in [0.3, 0.4) is 0 Å². The predicted molar refractivity (Wildman–Crippen MR) is 117 cm³/mol. The van der Waals surface area contributed by atoms with Gasteiger partial charge in [0.1, 0.15) is 4.90 Å². The molecular formula is C22H26ClNO6S. The molecule has 2 aromatic carbocycles. The first-order valence-corrected chi connectivity index (χ1v) is 11.9. The Balaban J connectivity index is 2.13. The van der Waals surface area contributed by atoms with Crippen LogP contribution in [0.2, 0.25) is 5.02 Å². The first kappa shape index (κ1) is 23.4. The summed E-state index contributed by atoms with van der Waals surface area (Å²) in [6.45, 7) is 4.82. The number of rotatable bonds is 8. The second-order valence-corrected chi connectivity index (χ2v) is 9.22. The van der Waals surface area contributed by atoms with E-state index in [2.05, 4.69) is 0 Å². The summed E-state index contributed by atoms with van der Waals surface area (Å²) in [5, 5.41) is 0.131. The monoisotopic (exact) mass is 467 g/mol. The molecule has 1 heterocycles. The van der Waals surface area contributed by atoms with Crippen molar-refractivity contribution in [3.63, 3.8) is 0 Å². The highest BCUT2D eigenvalue weighted by molar-refractivity contribution is 7.89. The van der Waals surface area contributed by atoms with Crippen LogP contribution in [-0.2, 0) is 26.0 Å². The third-order valence-electron chi connectivity index (χ3n) is 5.12. The average Bonchev–Trinajstić information content (AvgIpc) is 2.74. The number of ether oxygens (including phenoxy) is 3. The highest BCUT2D eigenvalue weighted by atomic mass is 35.5. The Labute approximate surface area is 187 Å². The van der Waals surface area contributed by atoms with E-state index in [0.29, 0.717) is 36.7 Å². The van der Waals surface area contributed by atoms with Crippen LogP contribution in [0.1, 0.15) is 37.4 Å². The van der Waals surface area contributed by atoms with Crippen LogP contribution in [0.5, 0.6) is 11.5 Å². The van der Waals surface area contributed by atoms with Gasteiger partial charge in [-0.1, -0.05) is 23.7 Å². The number of hydrogen-bond acceptors (Lipinski definition) is 6. The van der Waals surface area contributed by atoms with Crippen LogP contribution in [0.15, 0.2) is 41.3 Å². The number of benzene rings is 2. The fourth-order valence-corrected chi connectivity index (χ4v) is 5.84. The van der Waals surface area contributed by atoms with Gasteiger partial charge in [-0.15, -0.1) is 0 Å². The maximum atomic E-state index is 13.5. The maximum absolute atomic E-state index is 13.5. The highest BCUT2D eigenvalue weighted by Gasteiger charge is 2.39. The smallest absolute Gasteiger partial charge is 0.307 e. The van der Waals surface area contributed by atoms with E-state index in [9.17, 15) is 13.2 Å². The molecular weight excluding hydrogens is 442 g/mol. The first-order valence-electron chi connectivity index (χ1n) is 10.1. The molecule has 1 aliphatic rings. The number of halogens is 1. The van der Waals surface area contributed by atoms with Crippen LogP contribution >= 0.6 is 11.6 Å². The first-order chi connectivity index (χ1) is 14.8. The quantitative estimate of drug-likeness (QED) is 0.546. The summed E-state index contributed by atoms with van der Waals surface area (Å²) in [6.07, 6.45) is 0.329. The fourth-order valence-electron chi connectivity index (χ4n) is 3.74. The lowest BCUT2D eigenvalue weighted by Gasteiger charge is -2.36. The molecule has 0 aliphatic carbocycles. The largest absolute Gasteiger partial charge is 0.490 e. The van der Waals surface area contributed by atoms with Crippen LogP contribution < -0.4 is 9.47 Å². The lowest BCUT2D eigenvalue weighted by atomic mass is 9.91. The fraction of sp³-hybridized carbons (Fsp3) is 0.409. The van der Waals surface area contributed by atoms with Crippen molar-refractivity contribution in [2.75, 3.05) is 26.9 Å². The van der Waals surface area contributed by atoms with E-state index in [0.717, 1.165) is 5.56 Å². The second kappa shape index (κ2) is 9.89. The molecule has 0 amide bonds. The number of sulfonamides is 1. The molecule has 0 spiro atoms. The molecule has 0 aromatic heterocycles. The third kappa shape index (κ3) is 4.81. The zero-order valence-corrected chi connectivity index (χ0v) is 19.3. The van der Waals surface area contributed by atoms with Gasteiger partial charge < -0.3 is 14.2 Å². The van der Waals surface area contributed by atoms with Gasteiger partial charge in [0.15, 0.2) is 11.5 Å². The standard InChI is InChI=1S/C22H26ClNO6S/c1-4-29-19-12-15-10-11-24(31(26,27)21-9-7-6-8-17(21)23)18(14-22(25)28-3)16(15)13-20(19)30-5-2/h6-9,12-13,18H,4-5,10-11,14H2,1-3H3. The van der Waals surface area contributed by atoms with E-state index in [-0.39, 0.29) is 22.9 Å². The predicted octanol–water partition coefficient (Wildman–Crippen LogP) is 3.99. The van der Waals surface area contributed by atoms with Crippen molar-refractivity contribution in [1.82, 2.24) is 4.31 Å². The van der Waals surface area contributed by atoms with Crippen LogP contribution in [-0.4, -0.2) is 45.6 Å². The van der Waals surface area contributed by atoms with E-state index < -0.39 is 22.0 Å². The molecule has 31 heavy (non-hydrogen) atoms. The molecule has 0 bridgehead atoms. The van der Waals surface area contributed by atoms with Crippen molar-refractivity contribution in [1.29, 1.82) is 0 Å². The number of carbonyl (C=O) groups excluding carboxylic acids is 1. The van der Waals surface area contributed by atoms with E-state index in [1.165, 1.54) is 23.5 Å². The number of carbonyl (C=O) groups is 1. The minimum atomic E-state index is -3.96. The lowest BCUT2D eigenvalue weighted by molar-refractivity contribution is -0.141. The number of hydrogen-bond donors (Lipinski definition) is 0. The summed E-state index contributed by atoms with van der Waals surface area (Å²) in [7, 11) is -2.68. The van der Waals surface area contributed by atoms with Gasteiger partial charge in [0, 0.05) is 6.54 Å². The van der Waals surface area contributed by atoms with E-state index in [4.69, 9.17) is 25.8 Å². The lowest BCUT2D eigenvalue weighted by Crippen LogP contribution is -2.41. The Morgan fingerprint density at radius 3 is 2.39 bits per heavy atom. The van der Waals surface area contributed by atoms with Crippen molar-refractivity contribution < 1.29 is 27.4 Å². The van der Waals surface area contributed by atoms with Crippen molar-refractivity contribution in [2.24, 2.45) is 0 Å². The number of fused-ring (bicyclic) bond motifs is 1.